The first-order valence-corrected chi connectivity index (χ1v) is 8.54. The average molecular weight is 324 g/mol. The number of aliphatic hydroxyl groups excluding tert-OH is 1. The SMILES string of the molecule is CSCCc1c(CCCO)oc2c(OCC(=O)O)cccc12. The molecule has 1 heterocycles. The average Bonchev–Trinajstić information content (AvgIpc) is 2.86. The van der Waals surface area contributed by atoms with Gasteiger partial charge < -0.3 is 19.4 Å². The van der Waals surface area contributed by atoms with E-state index >= 15 is 0 Å². The predicted octanol–water partition coefficient (Wildman–Crippen LogP) is 2.73. The topological polar surface area (TPSA) is 79.9 Å². The van der Waals surface area contributed by atoms with Crippen LogP contribution in [0.3, 0.4) is 0 Å². The van der Waals surface area contributed by atoms with Crippen molar-refractivity contribution in [1.82, 2.24) is 0 Å². The first kappa shape index (κ1) is 16.7. The first-order valence-electron chi connectivity index (χ1n) is 7.15. The van der Waals surface area contributed by atoms with E-state index in [1.807, 2.05) is 12.1 Å². The Bertz CT molecular complexity index is 635. The van der Waals surface area contributed by atoms with E-state index in [1.54, 1.807) is 17.8 Å². The second kappa shape index (κ2) is 8.10. The van der Waals surface area contributed by atoms with Crippen LogP contribution in [0.4, 0.5) is 0 Å². The van der Waals surface area contributed by atoms with Gasteiger partial charge in [0.15, 0.2) is 17.9 Å². The lowest BCUT2D eigenvalue weighted by Crippen LogP contribution is -2.09. The molecule has 2 rings (SSSR count). The molecule has 0 radical (unpaired) electrons. The Balaban J connectivity index is 2.39. The van der Waals surface area contributed by atoms with E-state index in [1.165, 1.54) is 0 Å². The predicted molar refractivity (Wildman–Crippen MR) is 86.8 cm³/mol. The number of rotatable bonds is 9. The van der Waals surface area contributed by atoms with Gasteiger partial charge in [0.1, 0.15) is 5.76 Å². The van der Waals surface area contributed by atoms with Gasteiger partial charge in [-0.05, 0) is 30.9 Å². The highest BCUT2D eigenvalue weighted by Crippen LogP contribution is 2.34. The quantitative estimate of drug-likeness (QED) is 0.738. The molecule has 0 aliphatic heterocycles. The molecule has 0 bridgehead atoms. The van der Waals surface area contributed by atoms with E-state index in [2.05, 4.69) is 6.26 Å². The smallest absolute Gasteiger partial charge is 0.341 e. The second-order valence-corrected chi connectivity index (χ2v) is 5.87. The van der Waals surface area contributed by atoms with Crippen LogP contribution in [0.2, 0.25) is 0 Å². The minimum absolute atomic E-state index is 0.112. The van der Waals surface area contributed by atoms with E-state index in [0.29, 0.717) is 24.2 Å². The highest BCUT2D eigenvalue weighted by Gasteiger charge is 2.17. The number of aliphatic hydroxyl groups is 1. The number of ether oxygens (including phenoxy) is 1. The minimum Gasteiger partial charge on any atom is -0.479 e. The number of aliphatic carboxylic acids is 1. The highest BCUT2D eigenvalue weighted by molar-refractivity contribution is 7.98. The zero-order valence-electron chi connectivity index (χ0n) is 12.5. The van der Waals surface area contributed by atoms with E-state index < -0.39 is 12.6 Å². The molecule has 1 aromatic carbocycles. The summed E-state index contributed by atoms with van der Waals surface area (Å²) in [6, 6.07) is 5.51. The van der Waals surface area contributed by atoms with Gasteiger partial charge in [0.05, 0.1) is 0 Å². The Kier molecular flexibility index (Phi) is 6.15. The van der Waals surface area contributed by atoms with Crippen LogP contribution in [0.25, 0.3) is 11.0 Å². The van der Waals surface area contributed by atoms with Crippen LogP contribution in [-0.2, 0) is 17.6 Å². The van der Waals surface area contributed by atoms with Crippen LogP contribution in [0.15, 0.2) is 22.6 Å². The summed E-state index contributed by atoms with van der Waals surface area (Å²) < 4.78 is 11.2. The van der Waals surface area contributed by atoms with Crippen molar-refractivity contribution >= 4 is 28.7 Å². The third kappa shape index (κ3) is 3.96. The number of carbonyl (C=O) groups is 1. The van der Waals surface area contributed by atoms with Crippen molar-refractivity contribution < 1.29 is 24.2 Å². The van der Waals surface area contributed by atoms with Gasteiger partial charge in [0.25, 0.3) is 0 Å². The fourth-order valence-corrected chi connectivity index (χ4v) is 2.77. The van der Waals surface area contributed by atoms with Gasteiger partial charge in [-0.3, -0.25) is 0 Å². The number of furan rings is 1. The Morgan fingerprint density at radius 1 is 1.36 bits per heavy atom. The number of carboxylic acid groups (broad SMARTS) is 1. The third-order valence-electron chi connectivity index (χ3n) is 3.34. The normalized spacial score (nSPS) is 11.0. The van der Waals surface area contributed by atoms with Crippen LogP contribution in [0.1, 0.15) is 17.7 Å². The van der Waals surface area contributed by atoms with Crippen LogP contribution < -0.4 is 4.74 Å². The van der Waals surface area contributed by atoms with Gasteiger partial charge in [-0.1, -0.05) is 12.1 Å². The molecule has 1 aromatic heterocycles. The standard InChI is InChI=1S/C16H20O5S/c1-22-9-7-11-12-4-2-5-14(20-10-15(18)19)16(12)21-13(11)6-3-8-17/h2,4-5,17H,3,6-10H2,1H3,(H,18,19). The van der Waals surface area contributed by atoms with E-state index in [4.69, 9.17) is 19.4 Å². The largest absolute Gasteiger partial charge is 0.479 e. The number of fused-ring (bicyclic) bond motifs is 1. The molecule has 2 aromatic rings. The fraction of sp³-hybridized carbons (Fsp3) is 0.438. The molecular formula is C16H20O5S. The Hall–Kier alpha value is -1.66. The lowest BCUT2D eigenvalue weighted by atomic mass is 10.1. The molecule has 0 atom stereocenters. The number of thioether (sulfide) groups is 1. The maximum atomic E-state index is 10.7. The van der Waals surface area contributed by atoms with Gasteiger partial charge >= 0.3 is 5.97 Å². The Morgan fingerprint density at radius 2 is 2.18 bits per heavy atom. The molecule has 2 N–H and O–H groups in total. The molecule has 0 saturated carbocycles. The third-order valence-corrected chi connectivity index (χ3v) is 3.95. The maximum absolute atomic E-state index is 10.7. The van der Waals surface area contributed by atoms with E-state index in [-0.39, 0.29) is 6.61 Å². The molecule has 0 saturated heterocycles. The molecule has 0 unspecified atom stereocenters. The van der Waals surface area contributed by atoms with Crippen molar-refractivity contribution in [3.63, 3.8) is 0 Å². The minimum atomic E-state index is -1.02. The number of hydrogen-bond acceptors (Lipinski definition) is 5. The van der Waals surface area contributed by atoms with Crippen LogP contribution >= 0.6 is 11.8 Å². The summed E-state index contributed by atoms with van der Waals surface area (Å²) in [6.45, 7) is -0.284. The number of para-hydroxylation sites is 1. The van der Waals surface area contributed by atoms with Crippen LogP contribution in [-0.4, -0.2) is 41.4 Å². The Labute approximate surface area is 133 Å². The molecule has 5 nitrogen and oxygen atoms in total. The van der Waals surface area contributed by atoms with Crippen molar-refractivity contribution in [2.45, 2.75) is 19.3 Å². The summed E-state index contributed by atoms with van der Waals surface area (Å²) in [4.78, 5) is 10.7. The second-order valence-electron chi connectivity index (χ2n) is 4.89. The summed E-state index contributed by atoms with van der Waals surface area (Å²) in [5.41, 5.74) is 1.71. The molecule has 22 heavy (non-hydrogen) atoms. The zero-order valence-corrected chi connectivity index (χ0v) is 13.3. The number of hydrogen-bond donors (Lipinski definition) is 2. The monoisotopic (exact) mass is 324 g/mol. The van der Waals surface area contributed by atoms with Gasteiger partial charge in [0, 0.05) is 24.0 Å². The molecule has 0 amide bonds. The van der Waals surface area contributed by atoms with Crippen molar-refractivity contribution in [2.24, 2.45) is 0 Å². The summed E-state index contributed by atoms with van der Waals surface area (Å²) in [6.07, 6.45) is 4.22. The lowest BCUT2D eigenvalue weighted by Gasteiger charge is -2.03. The molecule has 0 aliphatic carbocycles. The number of carboxylic acids is 1. The van der Waals surface area contributed by atoms with Gasteiger partial charge in [-0.15, -0.1) is 0 Å². The molecule has 0 fully saturated rings. The lowest BCUT2D eigenvalue weighted by molar-refractivity contribution is -0.139. The number of aryl methyl sites for hydroxylation is 2. The highest BCUT2D eigenvalue weighted by atomic mass is 32.2. The van der Waals surface area contributed by atoms with E-state index in [9.17, 15) is 4.79 Å². The van der Waals surface area contributed by atoms with Gasteiger partial charge in [-0.25, -0.2) is 4.79 Å². The zero-order chi connectivity index (χ0) is 15.9. The van der Waals surface area contributed by atoms with Crippen molar-refractivity contribution in [3.05, 3.63) is 29.5 Å². The molecule has 0 spiro atoms. The van der Waals surface area contributed by atoms with Crippen LogP contribution in [0, 0.1) is 0 Å². The van der Waals surface area contributed by atoms with Crippen LogP contribution in [0.5, 0.6) is 5.75 Å². The molecule has 0 aliphatic rings. The summed E-state index contributed by atoms with van der Waals surface area (Å²) in [5.74, 6) is 1.25. The summed E-state index contributed by atoms with van der Waals surface area (Å²) >= 11 is 1.76. The van der Waals surface area contributed by atoms with Gasteiger partial charge in [-0.2, -0.15) is 11.8 Å². The molecule has 6 heteroatoms. The van der Waals surface area contributed by atoms with Crippen molar-refractivity contribution in [1.29, 1.82) is 0 Å². The first-order chi connectivity index (χ1) is 10.7. The van der Waals surface area contributed by atoms with E-state index in [0.717, 1.165) is 28.9 Å². The summed E-state index contributed by atoms with van der Waals surface area (Å²) in [7, 11) is 0. The maximum Gasteiger partial charge on any atom is 0.341 e. The fourth-order valence-electron chi connectivity index (χ4n) is 2.37. The Morgan fingerprint density at radius 3 is 2.86 bits per heavy atom. The number of benzene rings is 1. The van der Waals surface area contributed by atoms with Crippen molar-refractivity contribution in [2.75, 3.05) is 25.2 Å². The summed E-state index contributed by atoms with van der Waals surface area (Å²) in [5, 5.41) is 18.7. The van der Waals surface area contributed by atoms with Crippen molar-refractivity contribution in [3.8, 4) is 5.75 Å². The molecular weight excluding hydrogens is 304 g/mol. The molecule has 120 valence electrons. The van der Waals surface area contributed by atoms with Gasteiger partial charge in [0.2, 0.25) is 0 Å².